The standard InChI is InChI=1S/C21H30N4O.HI/c1-17(2)8-7-13-24-21(22-3)25-15-18-9-6-11-20(14-18)26-16-19-10-4-5-12-23-19;/h4-6,9-12,14,17H,7-8,13,15-16H2,1-3H3,(H2,22,24,25);1H. The number of benzene rings is 1. The zero-order valence-corrected chi connectivity index (χ0v) is 18.8. The molecule has 5 nitrogen and oxygen atoms in total. The maximum Gasteiger partial charge on any atom is 0.191 e. The Morgan fingerprint density at radius 3 is 2.70 bits per heavy atom. The fourth-order valence-corrected chi connectivity index (χ4v) is 2.51. The van der Waals surface area contributed by atoms with E-state index >= 15 is 0 Å². The Bertz CT molecular complexity index is 677. The van der Waals surface area contributed by atoms with Gasteiger partial charge in [-0.15, -0.1) is 24.0 Å². The van der Waals surface area contributed by atoms with Crippen LogP contribution in [0.1, 0.15) is 37.9 Å². The topological polar surface area (TPSA) is 58.5 Å². The summed E-state index contributed by atoms with van der Waals surface area (Å²) in [6.45, 7) is 6.60. The van der Waals surface area contributed by atoms with Gasteiger partial charge in [-0.05, 0) is 48.6 Å². The summed E-state index contributed by atoms with van der Waals surface area (Å²) in [5, 5.41) is 6.70. The molecule has 0 bridgehead atoms. The first-order valence-electron chi connectivity index (χ1n) is 9.23. The lowest BCUT2D eigenvalue weighted by Gasteiger charge is -2.13. The van der Waals surface area contributed by atoms with Gasteiger partial charge in [0.2, 0.25) is 0 Å². The number of rotatable bonds is 9. The molecule has 0 unspecified atom stereocenters. The predicted octanol–water partition coefficient (Wildman–Crippen LogP) is 4.38. The summed E-state index contributed by atoms with van der Waals surface area (Å²) in [6.07, 6.45) is 4.15. The second-order valence-corrected chi connectivity index (χ2v) is 6.65. The summed E-state index contributed by atoms with van der Waals surface area (Å²) in [6, 6.07) is 13.9. The Morgan fingerprint density at radius 2 is 2.00 bits per heavy atom. The van der Waals surface area contributed by atoms with Crippen LogP contribution in [0.4, 0.5) is 0 Å². The quantitative estimate of drug-likeness (QED) is 0.241. The average Bonchev–Trinajstić information content (AvgIpc) is 2.67. The van der Waals surface area contributed by atoms with Gasteiger partial charge in [0.1, 0.15) is 12.4 Å². The third kappa shape index (κ3) is 9.60. The molecule has 0 aliphatic rings. The molecule has 148 valence electrons. The summed E-state index contributed by atoms with van der Waals surface area (Å²) in [5.74, 6) is 2.41. The van der Waals surface area contributed by atoms with Crippen LogP contribution < -0.4 is 15.4 Å². The van der Waals surface area contributed by atoms with Crippen molar-refractivity contribution in [1.29, 1.82) is 0 Å². The highest BCUT2D eigenvalue weighted by Crippen LogP contribution is 2.14. The van der Waals surface area contributed by atoms with Gasteiger partial charge >= 0.3 is 0 Å². The fraction of sp³-hybridized carbons (Fsp3) is 0.429. The molecule has 27 heavy (non-hydrogen) atoms. The number of hydrogen-bond donors (Lipinski definition) is 2. The number of nitrogens with zero attached hydrogens (tertiary/aromatic N) is 2. The van der Waals surface area contributed by atoms with Gasteiger partial charge in [0, 0.05) is 26.3 Å². The van der Waals surface area contributed by atoms with Gasteiger partial charge < -0.3 is 15.4 Å². The van der Waals surface area contributed by atoms with Gasteiger partial charge in [0.25, 0.3) is 0 Å². The molecule has 0 aliphatic carbocycles. The van der Waals surface area contributed by atoms with E-state index in [-0.39, 0.29) is 24.0 Å². The summed E-state index contributed by atoms with van der Waals surface area (Å²) in [7, 11) is 1.80. The first-order chi connectivity index (χ1) is 12.7. The molecule has 0 saturated carbocycles. The Balaban J connectivity index is 0.00000364. The molecule has 1 heterocycles. The highest BCUT2D eigenvalue weighted by atomic mass is 127. The molecule has 0 atom stereocenters. The molecule has 0 aliphatic heterocycles. The Morgan fingerprint density at radius 1 is 1.15 bits per heavy atom. The van der Waals surface area contributed by atoms with Gasteiger partial charge in [0.05, 0.1) is 5.69 Å². The van der Waals surface area contributed by atoms with Gasteiger partial charge in [0.15, 0.2) is 5.96 Å². The molecule has 6 heteroatoms. The number of aliphatic imine (C=N–C) groups is 1. The minimum atomic E-state index is 0. The molecule has 0 amide bonds. The highest BCUT2D eigenvalue weighted by molar-refractivity contribution is 14.0. The van der Waals surface area contributed by atoms with Crippen molar-refractivity contribution in [1.82, 2.24) is 15.6 Å². The lowest BCUT2D eigenvalue weighted by atomic mass is 10.1. The van der Waals surface area contributed by atoms with Crippen LogP contribution in [-0.2, 0) is 13.2 Å². The predicted molar refractivity (Wildman–Crippen MR) is 123 cm³/mol. The van der Waals surface area contributed by atoms with Crippen molar-refractivity contribution >= 4 is 29.9 Å². The molecule has 0 spiro atoms. The number of pyridine rings is 1. The van der Waals surface area contributed by atoms with Crippen molar-refractivity contribution in [2.24, 2.45) is 10.9 Å². The van der Waals surface area contributed by atoms with Crippen LogP contribution in [0.2, 0.25) is 0 Å². The number of ether oxygens (including phenoxy) is 1. The fourth-order valence-electron chi connectivity index (χ4n) is 2.51. The SMILES string of the molecule is CN=C(NCCCC(C)C)NCc1cccc(OCc2ccccn2)c1.I. The van der Waals surface area contributed by atoms with Gasteiger partial charge in [-0.1, -0.05) is 32.0 Å². The zero-order valence-electron chi connectivity index (χ0n) is 16.4. The van der Waals surface area contributed by atoms with E-state index in [0.29, 0.717) is 13.2 Å². The molecule has 1 aromatic heterocycles. The van der Waals surface area contributed by atoms with E-state index in [2.05, 4.69) is 40.5 Å². The number of halogens is 1. The van der Waals surface area contributed by atoms with Crippen molar-refractivity contribution < 1.29 is 4.74 Å². The largest absolute Gasteiger partial charge is 0.487 e. The van der Waals surface area contributed by atoms with E-state index in [9.17, 15) is 0 Å². The molecular weight excluding hydrogens is 451 g/mol. The van der Waals surface area contributed by atoms with Crippen molar-refractivity contribution in [2.45, 2.75) is 39.8 Å². The summed E-state index contributed by atoms with van der Waals surface area (Å²) in [4.78, 5) is 8.54. The maximum absolute atomic E-state index is 5.83. The first-order valence-corrected chi connectivity index (χ1v) is 9.23. The first kappa shape index (κ1) is 23.2. The number of hydrogen-bond acceptors (Lipinski definition) is 3. The van der Waals surface area contributed by atoms with Crippen LogP contribution in [-0.4, -0.2) is 24.5 Å². The smallest absolute Gasteiger partial charge is 0.191 e. The van der Waals surface area contributed by atoms with Crippen LogP contribution in [0.5, 0.6) is 5.75 Å². The van der Waals surface area contributed by atoms with Crippen molar-refractivity contribution in [3.05, 3.63) is 59.9 Å². The molecule has 2 N–H and O–H groups in total. The third-order valence-corrected chi connectivity index (χ3v) is 3.95. The van der Waals surface area contributed by atoms with Crippen LogP contribution in [0.25, 0.3) is 0 Å². The minimum absolute atomic E-state index is 0. The van der Waals surface area contributed by atoms with Gasteiger partial charge in [-0.2, -0.15) is 0 Å². The van der Waals surface area contributed by atoms with Gasteiger partial charge in [-0.3, -0.25) is 9.98 Å². The average molecular weight is 482 g/mol. The van der Waals surface area contributed by atoms with Gasteiger partial charge in [-0.25, -0.2) is 0 Å². The van der Waals surface area contributed by atoms with Crippen molar-refractivity contribution in [2.75, 3.05) is 13.6 Å². The van der Waals surface area contributed by atoms with Crippen LogP contribution >= 0.6 is 24.0 Å². The number of guanidine groups is 1. The summed E-state index contributed by atoms with van der Waals surface area (Å²) in [5.41, 5.74) is 2.07. The van der Waals surface area contributed by atoms with Crippen molar-refractivity contribution in [3.63, 3.8) is 0 Å². The molecule has 0 radical (unpaired) electrons. The normalized spacial score (nSPS) is 11.0. The van der Waals surface area contributed by atoms with Crippen molar-refractivity contribution in [3.8, 4) is 5.75 Å². The maximum atomic E-state index is 5.83. The van der Waals surface area contributed by atoms with Crippen LogP contribution in [0.3, 0.4) is 0 Å². The Hall–Kier alpha value is -1.83. The lowest BCUT2D eigenvalue weighted by Crippen LogP contribution is -2.37. The number of aromatic nitrogens is 1. The van der Waals surface area contributed by atoms with E-state index in [1.807, 2.05) is 36.4 Å². The monoisotopic (exact) mass is 482 g/mol. The summed E-state index contributed by atoms with van der Waals surface area (Å²) >= 11 is 0. The second kappa shape index (κ2) is 13.4. The third-order valence-electron chi connectivity index (χ3n) is 3.95. The minimum Gasteiger partial charge on any atom is -0.487 e. The van der Waals surface area contributed by atoms with E-state index < -0.39 is 0 Å². The molecule has 2 rings (SSSR count). The number of nitrogens with one attached hydrogen (secondary N) is 2. The Labute approximate surface area is 180 Å². The van der Waals surface area contributed by atoms with E-state index in [4.69, 9.17) is 4.74 Å². The molecule has 0 fully saturated rings. The molecule has 2 aromatic rings. The van der Waals surface area contributed by atoms with E-state index in [0.717, 1.165) is 41.8 Å². The highest BCUT2D eigenvalue weighted by Gasteiger charge is 2.02. The second-order valence-electron chi connectivity index (χ2n) is 6.65. The van der Waals surface area contributed by atoms with E-state index in [1.54, 1.807) is 13.2 Å². The van der Waals surface area contributed by atoms with E-state index in [1.165, 1.54) is 6.42 Å². The summed E-state index contributed by atoms with van der Waals surface area (Å²) < 4.78 is 5.83. The van der Waals surface area contributed by atoms with Crippen LogP contribution in [0.15, 0.2) is 53.7 Å². The van der Waals surface area contributed by atoms with Crippen LogP contribution in [0, 0.1) is 5.92 Å². The molecule has 0 saturated heterocycles. The molecular formula is C21H31IN4O. The lowest BCUT2D eigenvalue weighted by molar-refractivity contribution is 0.301. The molecule has 1 aromatic carbocycles. The zero-order chi connectivity index (χ0) is 18.6. The Kier molecular flexibility index (Phi) is 11.5.